The molecule has 0 aromatic heterocycles. The molecule has 0 aromatic rings. The highest BCUT2D eigenvalue weighted by atomic mass is 127. The molecule has 5 heteroatoms. The Balaban J connectivity index is 2.45. The maximum absolute atomic E-state index is 11.6. The van der Waals surface area contributed by atoms with Crippen LogP contribution in [0.1, 0.15) is 26.7 Å². The minimum absolute atomic E-state index is 0.0468. The van der Waals surface area contributed by atoms with Gasteiger partial charge >= 0.3 is 11.9 Å². The van der Waals surface area contributed by atoms with Crippen molar-refractivity contribution in [2.45, 2.75) is 36.2 Å². The van der Waals surface area contributed by atoms with Gasteiger partial charge in [0.05, 0.1) is 0 Å². The number of hydrogen-bond acceptors (Lipinski definition) is 3. The molecule has 1 fully saturated rings. The molecule has 2 atom stereocenters. The van der Waals surface area contributed by atoms with Crippen molar-refractivity contribution in [1.29, 1.82) is 0 Å². The monoisotopic (exact) mass is 313 g/mol. The number of esters is 2. The van der Waals surface area contributed by atoms with E-state index >= 15 is 0 Å². The highest BCUT2D eigenvalue weighted by Gasteiger charge is 2.38. The van der Waals surface area contributed by atoms with Crippen LogP contribution in [0.15, 0.2) is 0 Å². The summed E-state index contributed by atoms with van der Waals surface area (Å²) in [7, 11) is 0. The third kappa shape index (κ3) is 2.83. The number of alkyl halides is 1. The van der Waals surface area contributed by atoms with Gasteiger partial charge < -0.3 is 14.3 Å². The molecule has 1 N–H and O–H groups in total. The van der Waals surface area contributed by atoms with Crippen LogP contribution in [0.25, 0.3) is 0 Å². The van der Waals surface area contributed by atoms with Gasteiger partial charge in [-0.3, -0.25) is 4.79 Å². The molecule has 0 spiro atoms. The Bertz CT molecular complexity index is 249. The van der Waals surface area contributed by atoms with E-state index in [0.29, 0.717) is 6.42 Å². The number of rotatable bonds is 3. The summed E-state index contributed by atoms with van der Waals surface area (Å²) in [4.78, 5) is 20.6. The van der Waals surface area contributed by atoms with Gasteiger partial charge in [0.2, 0.25) is 6.61 Å². The molecule has 0 aliphatic carbocycles. The van der Waals surface area contributed by atoms with Crippen LogP contribution in [0.4, 0.5) is 0 Å². The van der Waals surface area contributed by atoms with Crippen LogP contribution in [-0.4, -0.2) is 32.9 Å². The Morgan fingerprint density at radius 2 is 2.50 bits per heavy atom. The van der Waals surface area contributed by atoms with Gasteiger partial charge in [0.25, 0.3) is 0 Å². The first-order valence-electron chi connectivity index (χ1n) is 4.53. The zero-order chi connectivity index (χ0) is 10.8. The number of carbonyl (C=O) groups excluding carboxylic acids is 2. The van der Waals surface area contributed by atoms with E-state index < -0.39 is 3.42 Å². The average Bonchev–Trinajstić information content (AvgIpc) is 2.51. The second-order valence-electron chi connectivity index (χ2n) is 3.49. The van der Waals surface area contributed by atoms with Gasteiger partial charge in [-0.2, -0.15) is 0 Å². The molecular formula is C9H14IO4+. The molecule has 0 radical (unpaired) electrons. The van der Waals surface area contributed by atoms with E-state index in [-0.39, 0.29) is 24.6 Å². The molecule has 1 rings (SSSR count). The van der Waals surface area contributed by atoms with E-state index in [1.807, 2.05) is 13.8 Å². The van der Waals surface area contributed by atoms with Crippen LogP contribution in [0.2, 0.25) is 0 Å². The zero-order valence-electron chi connectivity index (χ0n) is 8.25. The van der Waals surface area contributed by atoms with Gasteiger partial charge in [0.15, 0.2) is 6.10 Å². The van der Waals surface area contributed by atoms with Crippen molar-refractivity contribution in [3.05, 3.63) is 0 Å². The van der Waals surface area contributed by atoms with Crippen molar-refractivity contribution in [3.63, 3.8) is 0 Å². The first-order chi connectivity index (χ1) is 6.45. The van der Waals surface area contributed by atoms with Crippen LogP contribution >= 0.6 is 22.6 Å². The Labute approximate surface area is 96.5 Å². The molecule has 2 unspecified atom stereocenters. The van der Waals surface area contributed by atoms with E-state index in [1.54, 1.807) is 0 Å². The summed E-state index contributed by atoms with van der Waals surface area (Å²) in [5.74, 6) is -0.293. The average molecular weight is 313 g/mol. The lowest BCUT2D eigenvalue weighted by Gasteiger charge is -2.19. The Morgan fingerprint density at radius 3 is 2.93 bits per heavy atom. The predicted molar refractivity (Wildman–Crippen MR) is 60.1 cm³/mol. The maximum Gasteiger partial charge on any atom is 0.486 e. The largest absolute Gasteiger partial charge is 0.486 e. The van der Waals surface area contributed by atoms with E-state index in [1.165, 1.54) is 0 Å². The third-order valence-electron chi connectivity index (χ3n) is 2.20. The fourth-order valence-corrected chi connectivity index (χ4v) is 1.12. The lowest BCUT2D eigenvalue weighted by molar-refractivity contribution is -0.150. The van der Waals surface area contributed by atoms with Crippen molar-refractivity contribution in [1.82, 2.24) is 0 Å². The predicted octanol–water partition coefficient (Wildman–Crippen LogP) is 1.42. The van der Waals surface area contributed by atoms with Gasteiger partial charge in [-0.25, -0.2) is 0 Å². The third-order valence-corrected chi connectivity index (χ3v) is 3.40. The van der Waals surface area contributed by atoms with Crippen molar-refractivity contribution >= 4 is 34.5 Å². The van der Waals surface area contributed by atoms with Crippen LogP contribution in [0.3, 0.4) is 0 Å². The molecule has 1 saturated heterocycles. The van der Waals surface area contributed by atoms with E-state index in [2.05, 4.69) is 22.6 Å². The van der Waals surface area contributed by atoms with E-state index in [0.717, 1.165) is 6.42 Å². The molecular weight excluding hydrogens is 299 g/mol. The molecule has 0 amide bonds. The van der Waals surface area contributed by atoms with Crippen molar-refractivity contribution in [3.8, 4) is 0 Å². The van der Waals surface area contributed by atoms with E-state index in [4.69, 9.17) is 14.3 Å². The van der Waals surface area contributed by atoms with Crippen LogP contribution in [-0.2, 0) is 14.3 Å². The molecule has 4 nitrogen and oxygen atoms in total. The summed E-state index contributed by atoms with van der Waals surface area (Å²) in [5.41, 5.74) is 0. The summed E-state index contributed by atoms with van der Waals surface area (Å²) >= 11 is 2.07. The summed E-state index contributed by atoms with van der Waals surface area (Å²) in [6.45, 7) is 4.02. The van der Waals surface area contributed by atoms with Gasteiger partial charge in [-0.1, -0.05) is 29.5 Å². The zero-order valence-corrected chi connectivity index (χ0v) is 10.4. The van der Waals surface area contributed by atoms with Crippen LogP contribution < -0.4 is 0 Å². The number of hydrogen-bond donors (Lipinski definition) is 0. The maximum atomic E-state index is 11.6. The highest BCUT2D eigenvalue weighted by molar-refractivity contribution is 14.1. The smallest absolute Gasteiger partial charge is 0.454 e. The van der Waals surface area contributed by atoms with Crippen molar-refractivity contribution in [2.75, 3.05) is 6.61 Å². The van der Waals surface area contributed by atoms with Gasteiger partial charge in [0, 0.05) is 0 Å². The topological polar surface area (TPSA) is 56.9 Å². The summed E-state index contributed by atoms with van der Waals surface area (Å²) in [6, 6.07) is 0. The Kier molecular flexibility index (Phi) is 3.74. The highest BCUT2D eigenvalue weighted by Crippen LogP contribution is 2.25. The minimum Gasteiger partial charge on any atom is -0.454 e. The van der Waals surface area contributed by atoms with Crippen LogP contribution in [0, 0.1) is 0 Å². The number of cyclic esters (lactones) is 1. The second-order valence-corrected chi connectivity index (χ2v) is 5.87. The first-order valence-corrected chi connectivity index (χ1v) is 5.61. The quantitative estimate of drug-likeness (QED) is 0.343. The molecule has 80 valence electrons. The van der Waals surface area contributed by atoms with Crippen molar-refractivity contribution in [2.24, 2.45) is 0 Å². The molecule has 0 bridgehead atoms. The molecule has 14 heavy (non-hydrogen) atoms. The second kappa shape index (κ2) is 4.46. The molecule has 0 aromatic carbocycles. The molecule has 1 aliphatic rings. The van der Waals surface area contributed by atoms with Gasteiger partial charge in [-0.15, -0.1) is 0 Å². The van der Waals surface area contributed by atoms with Gasteiger partial charge in [-0.05, 0) is 13.3 Å². The number of carbonyl (C=O) groups is 1. The normalized spacial score (nSPS) is 25.4. The lowest BCUT2D eigenvalue weighted by Crippen LogP contribution is -2.33. The minimum atomic E-state index is -0.490. The molecule has 0 saturated carbocycles. The lowest BCUT2D eigenvalue weighted by atomic mass is 10.1. The molecule has 1 heterocycles. The van der Waals surface area contributed by atoms with E-state index in [9.17, 15) is 4.79 Å². The summed E-state index contributed by atoms with van der Waals surface area (Å²) in [5, 5.41) is 0. The SMILES string of the molecule is CCC(C)(I)C(=O)OC1COC(=[OH+])C1. The number of ether oxygens (including phenoxy) is 2. The fourth-order valence-electron chi connectivity index (χ4n) is 0.996. The summed E-state index contributed by atoms with van der Waals surface area (Å²) in [6.07, 6.45) is 0.681. The van der Waals surface area contributed by atoms with Crippen LogP contribution in [0.5, 0.6) is 0 Å². The fraction of sp³-hybridized carbons (Fsp3) is 0.778. The Morgan fingerprint density at radius 1 is 1.86 bits per heavy atom. The standard InChI is InChI=1S/C9H13IO4/c1-3-9(2,10)8(12)14-6-4-7(11)13-5-6/h6H,3-5H2,1-2H3/p+1. The van der Waals surface area contributed by atoms with Gasteiger partial charge in [0.1, 0.15) is 9.84 Å². The first kappa shape index (κ1) is 11.7. The van der Waals surface area contributed by atoms with Crippen molar-refractivity contribution < 1.29 is 19.1 Å². The Hall–Kier alpha value is -0.330. The molecule has 1 aliphatic heterocycles. The summed E-state index contributed by atoms with van der Waals surface area (Å²) < 4.78 is 9.50. The number of halogens is 1.